The second-order valence-corrected chi connectivity index (χ2v) is 6.36. The van der Waals surface area contributed by atoms with Gasteiger partial charge in [0.1, 0.15) is 5.75 Å². The number of hydrogen-bond donors (Lipinski definition) is 1. The lowest BCUT2D eigenvalue weighted by Crippen LogP contribution is -2.21. The number of benzene rings is 2. The van der Waals surface area contributed by atoms with Gasteiger partial charge in [-0.2, -0.15) is 0 Å². The van der Waals surface area contributed by atoms with Crippen molar-refractivity contribution >= 4 is 29.2 Å². The SMILES string of the molecule is COc1cc(Cl)c(C)cc1NC(=O)COC(=O)c1occc1-c1ccccc1. The number of rotatable bonds is 6. The average molecular weight is 400 g/mol. The minimum Gasteiger partial charge on any atom is -0.495 e. The fourth-order valence-electron chi connectivity index (χ4n) is 2.63. The van der Waals surface area contributed by atoms with Crippen LogP contribution in [-0.4, -0.2) is 25.6 Å². The third-order valence-electron chi connectivity index (χ3n) is 4.02. The number of anilines is 1. The molecule has 0 aliphatic rings. The first-order valence-corrected chi connectivity index (χ1v) is 8.81. The van der Waals surface area contributed by atoms with E-state index in [0.29, 0.717) is 22.0 Å². The molecular weight excluding hydrogens is 382 g/mol. The highest BCUT2D eigenvalue weighted by atomic mass is 35.5. The van der Waals surface area contributed by atoms with Crippen LogP contribution in [0.3, 0.4) is 0 Å². The van der Waals surface area contributed by atoms with Crippen molar-refractivity contribution in [3.63, 3.8) is 0 Å². The minimum absolute atomic E-state index is 0.0407. The van der Waals surface area contributed by atoms with E-state index in [1.165, 1.54) is 13.4 Å². The van der Waals surface area contributed by atoms with Crippen molar-refractivity contribution < 1.29 is 23.5 Å². The summed E-state index contributed by atoms with van der Waals surface area (Å²) < 4.78 is 15.6. The molecule has 0 unspecified atom stereocenters. The van der Waals surface area contributed by atoms with Crippen molar-refractivity contribution in [1.82, 2.24) is 0 Å². The van der Waals surface area contributed by atoms with Gasteiger partial charge in [0.2, 0.25) is 5.76 Å². The van der Waals surface area contributed by atoms with E-state index in [1.807, 2.05) is 30.3 Å². The van der Waals surface area contributed by atoms with Crippen molar-refractivity contribution in [2.75, 3.05) is 19.0 Å². The number of amides is 1. The predicted octanol–water partition coefficient (Wildman–Crippen LogP) is 4.71. The van der Waals surface area contributed by atoms with Gasteiger partial charge in [-0.05, 0) is 30.2 Å². The number of carbonyl (C=O) groups excluding carboxylic acids is 2. The molecule has 0 saturated carbocycles. The molecule has 1 N–H and O–H groups in total. The summed E-state index contributed by atoms with van der Waals surface area (Å²) in [4.78, 5) is 24.5. The highest BCUT2D eigenvalue weighted by molar-refractivity contribution is 6.31. The minimum atomic E-state index is -0.724. The summed E-state index contributed by atoms with van der Waals surface area (Å²) in [5.74, 6) is -0.786. The Morgan fingerprint density at radius 1 is 1.14 bits per heavy atom. The average Bonchev–Trinajstić information content (AvgIpc) is 3.19. The number of ether oxygens (including phenoxy) is 2. The molecule has 0 atom stereocenters. The first kappa shape index (κ1) is 19.5. The van der Waals surface area contributed by atoms with E-state index in [-0.39, 0.29) is 5.76 Å². The largest absolute Gasteiger partial charge is 0.495 e. The number of carbonyl (C=O) groups is 2. The maximum atomic E-state index is 12.3. The summed E-state index contributed by atoms with van der Waals surface area (Å²) in [5, 5.41) is 3.17. The highest BCUT2D eigenvalue weighted by Gasteiger charge is 2.20. The summed E-state index contributed by atoms with van der Waals surface area (Å²) >= 11 is 6.05. The zero-order chi connectivity index (χ0) is 20.1. The zero-order valence-electron chi connectivity index (χ0n) is 15.3. The second-order valence-electron chi connectivity index (χ2n) is 5.96. The summed E-state index contributed by atoms with van der Waals surface area (Å²) in [6, 6.07) is 14.2. The van der Waals surface area contributed by atoms with Gasteiger partial charge in [0.15, 0.2) is 6.61 Å². The van der Waals surface area contributed by atoms with E-state index >= 15 is 0 Å². The van der Waals surface area contributed by atoms with Crippen molar-refractivity contribution in [1.29, 1.82) is 0 Å². The molecule has 1 amide bonds. The van der Waals surface area contributed by atoms with Crippen LogP contribution < -0.4 is 10.1 Å². The first-order chi connectivity index (χ1) is 13.5. The van der Waals surface area contributed by atoms with Gasteiger partial charge in [-0.1, -0.05) is 41.9 Å². The molecule has 0 aliphatic heterocycles. The molecule has 0 aliphatic carbocycles. The van der Waals surface area contributed by atoms with Crippen LogP contribution in [0.4, 0.5) is 5.69 Å². The van der Waals surface area contributed by atoms with Crippen LogP contribution in [0, 0.1) is 6.92 Å². The molecule has 1 aromatic heterocycles. The summed E-state index contributed by atoms with van der Waals surface area (Å²) in [5.41, 5.74) is 2.63. The standard InChI is InChI=1S/C21H18ClNO5/c1-13-10-17(18(26-2)11-16(13)22)23-19(24)12-28-21(25)20-15(8-9-27-20)14-6-4-3-5-7-14/h3-11H,12H2,1-2H3,(H,23,24). The van der Waals surface area contributed by atoms with Crippen LogP contribution in [0.5, 0.6) is 5.75 Å². The van der Waals surface area contributed by atoms with Crippen molar-refractivity contribution in [2.45, 2.75) is 6.92 Å². The van der Waals surface area contributed by atoms with Gasteiger partial charge in [-0.25, -0.2) is 4.79 Å². The molecule has 0 bridgehead atoms. The Labute approximate surface area is 167 Å². The van der Waals surface area contributed by atoms with E-state index in [2.05, 4.69) is 5.32 Å². The van der Waals surface area contributed by atoms with Gasteiger partial charge >= 0.3 is 5.97 Å². The Hall–Kier alpha value is -3.25. The summed E-state index contributed by atoms with van der Waals surface area (Å²) in [6.07, 6.45) is 1.40. The Morgan fingerprint density at radius 2 is 1.89 bits per heavy atom. The van der Waals surface area contributed by atoms with E-state index < -0.39 is 18.5 Å². The number of halogens is 1. The van der Waals surface area contributed by atoms with Gasteiger partial charge in [0.05, 0.1) is 19.1 Å². The van der Waals surface area contributed by atoms with Crippen LogP contribution in [0.1, 0.15) is 16.1 Å². The molecule has 0 fully saturated rings. The molecule has 7 heteroatoms. The van der Waals surface area contributed by atoms with Gasteiger partial charge in [0.25, 0.3) is 5.91 Å². The lowest BCUT2D eigenvalue weighted by Gasteiger charge is -2.12. The fourth-order valence-corrected chi connectivity index (χ4v) is 2.78. The van der Waals surface area contributed by atoms with Crippen LogP contribution in [0.25, 0.3) is 11.1 Å². The third kappa shape index (κ3) is 4.35. The predicted molar refractivity (Wildman–Crippen MR) is 106 cm³/mol. The molecule has 2 aromatic carbocycles. The molecular formula is C21H18ClNO5. The maximum absolute atomic E-state index is 12.3. The number of furan rings is 1. The smallest absolute Gasteiger partial charge is 0.375 e. The first-order valence-electron chi connectivity index (χ1n) is 8.43. The normalized spacial score (nSPS) is 10.4. The molecule has 0 radical (unpaired) electrons. The van der Waals surface area contributed by atoms with Gasteiger partial charge < -0.3 is 19.2 Å². The van der Waals surface area contributed by atoms with Crippen LogP contribution >= 0.6 is 11.6 Å². The van der Waals surface area contributed by atoms with E-state index in [0.717, 1.165) is 11.1 Å². The molecule has 0 spiro atoms. The molecule has 1 heterocycles. The Kier molecular flexibility index (Phi) is 6.01. The van der Waals surface area contributed by atoms with Crippen molar-refractivity contribution in [3.8, 4) is 16.9 Å². The quantitative estimate of drug-likeness (QED) is 0.607. The lowest BCUT2D eigenvalue weighted by molar-refractivity contribution is -0.119. The van der Waals surface area contributed by atoms with E-state index in [1.54, 1.807) is 25.1 Å². The topological polar surface area (TPSA) is 77.8 Å². The van der Waals surface area contributed by atoms with Crippen LogP contribution in [0.15, 0.2) is 59.2 Å². The summed E-state index contributed by atoms with van der Waals surface area (Å²) in [7, 11) is 1.47. The number of aryl methyl sites for hydroxylation is 1. The van der Waals surface area contributed by atoms with Crippen LogP contribution in [-0.2, 0) is 9.53 Å². The van der Waals surface area contributed by atoms with Crippen molar-refractivity contribution in [2.24, 2.45) is 0 Å². The maximum Gasteiger partial charge on any atom is 0.375 e. The van der Waals surface area contributed by atoms with E-state index in [4.69, 9.17) is 25.5 Å². The number of methoxy groups -OCH3 is 1. The molecule has 28 heavy (non-hydrogen) atoms. The van der Waals surface area contributed by atoms with E-state index in [9.17, 15) is 9.59 Å². The van der Waals surface area contributed by atoms with Gasteiger partial charge in [-0.15, -0.1) is 0 Å². The summed E-state index contributed by atoms with van der Waals surface area (Å²) in [6.45, 7) is 1.33. The number of esters is 1. The molecule has 3 rings (SSSR count). The second kappa shape index (κ2) is 8.63. The lowest BCUT2D eigenvalue weighted by atomic mass is 10.1. The Bertz CT molecular complexity index is 997. The Balaban J connectivity index is 1.66. The molecule has 0 saturated heterocycles. The molecule has 3 aromatic rings. The molecule has 144 valence electrons. The van der Waals surface area contributed by atoms with Gasteiger partial charge in [-0.3, -0.25) is 4.79 Å². The number of hydrogen-bond acceptors (Lipinski definition) is 5. The Morgan fingerprint density at radius 3 is 2.61 bits per heavy atom. The van der Waals surface area contributed by atoms with Gasteiger partial charge in [0, 0.05) is 16.7 Å². The zero-order valence-corrected chi connectivity index (χ0v) is 16.1. The van der Waals surface area contributed by atoms with Crippen LogP contribution in [0.2, 0.25) is 5.02 Å². The fraction of sp³-hybridized carbons (Fsp3) is 0.143. The number of nitrogens with one attached hydrogen (secondary N) is 1. The third-order valence-corrected chi connectivity index (χ3v) is 4.43. The highest BCUT2D eigenvalue weighted by Crippen LogP contribution is 2.31. The van der Waals surface area contributed by atoms with Crippen molar-refractivity contribution in [3.05, 3.63) is 71.1 Å². The molecule has 6 nitrogen and oxygen atoms in total. The monoisotopic (exact) mass is 399 g/mol.